The van der Waals surface area contributed by atoms with Crippen molar-refractivity contribution in [2.75, 3.05) is 0 Å². The van der Waals surface area contributed by atoms with Crippen LogP contribution < -0.4 is 0 Å². The minimum atomic E-state index is -0.542. The van der Waals surface area contributed by atoms with Crippen LogP contribution >= 0.6 is 15.9 Å². The van der Waals surface area contributed by atoms with Crippen molar-refractivity contribution < 1.29 is 9.53 Å². The van der Waals surface area contributed by atoms with Gasteiger partial charge in [0.1, 0.15) is 5.60 Å². The summed E-state index contributed by atoms with van der Waals surface area (Å²) >= 11 is 3.38. The third-order valence-corrected chi connectivity index (χ3v) is 2.88. The second-order valence-electron chi connectivity index (χ2n) is 5.12. The van der Waals surface area contributed by atoms with Gasteiger partial charge < -0.3 is 4.74 Å². The second kappa shape index (κ2) is 5.17. The molecule has 1 heterocycles. The van der Waals surface area contributed by atoms with E-state index in [9.17, 15) is 4.79 Å². The highest BCUT2D eigenvalue weighted by Gasteiger charge is 2.20. The highest BCUT2D eigenvalue weighted by atomic mass is 79.9. The van der Waals surface area contributed by atoms with Crippen LogP contribution in [0.2, 0.25) is 0 Å². The maximum absolute atomic E-state index is 12.1. The van der Waals surface area contributed by atoms with E-state index in [1.54, 1.807) is 12.3 Å². The summed E-state index contributed by atoms with van der Waals surface area (Å²) in [6.45, 7) is 5.48. The predicted octanol–water partition coefficient (Wildman–Crippen LogP) is 4.10. The Kier molecular flexibility index (Phi) is 3.75. The number of hydrogen-bond donors (Lipinski definition) is 0. The van der Waals surface area contributed by atoms with Crippen molar-refractivity contribution in [2.45, 2.75) is 26.4 Å². The van der Waals surface area contributed by atoms with Crippen LogP contribution in [0.3, 0.4) is 0 Å². The maximum atomic E-state index is 12.1. The summed E-state index contributed by atoms with van der Waals surface area (Å²) in [7, 11) is 0. The molecule has 0 bridgehead atoms. The number of benzene rings is 1. The van der Waals surface area contributed by atoms with E-state index in [4.69, 9.17) is 4.74 Å². The molecule has 4 nitrogen and oxygen atoms in total. The second-order valence-corrected chi connectivity index (χ2v) is 6.03. The van der Waals surface area contributed by atoms with Gasteiger partial charge in [0.15, 0.2) is 0 Å². The molecule has 0 atom stereocenters. The zero-order valence-corrected chi connectivity index (χ0v) is 12.6. The van der Waals surface area contributed by atoms with Gasteiger partial charge in [-0.05, 0) is 39.0 Å². The molecule has 0 radical (unpaired) electrons. The molecule has 2 rings (SSSR count). The summed E-state index contributed by atoms with van der Waals surface area (Å²) in [6.07, 6.45) is 1.11. The highest BCUT2D eigenvalue weighted by molar-refractivity contribution is 9.10. The zero-order chi connectivity index (χ0) is 14.0. The summed E-state index contributed by atoms with van der Waals surface area (Å²) in [5.41, 5.74) is 1.08. The topological polar surface area (TPSA) is 44.1 Å². The van der Waals surface area contributed by atoms with Crippen molar-refractivity contribution in [3.63, 3.8) is 0 Å². The summed E-state index contributed by atoms with van der Waals surface area (Å²) < 4.78 is 7.58. The molecule has 0 fully saturated rings. The van der Waals surface area contributed by atoms with Gasteiger partial charge in [-0.2, -0.15) is 9.78 Å². The van der Waals surface area contributed by atoms with Crippen molar-refractivity contribution in [1.82, 2.24) is 9.78 Å². The molecule has 0 amide bonds. The van der Waals surface area contributed by atoms with E-state index in [1.165, 1.54) is 4.68 Å². The van der Waals surface area contributed by atoms with Crippen molar-refractivity contribution >= 4 is 22.0 Å². The first-order valence-electron chi connectivity index (χ1n) is 5.90. The fourth-order valence-electron chi connectivity index (χ4n) is 1.59. The SMILES string of the molecule is CC(C)(C)OC(=O)n1nccc1-c1ccc(Br)cc1. The van der Waals surface area contributed by atoms with Gasteiger partial charge in [-0.25, -0.2) is 4.79 Å². The number of carbonyl (C=O) groups excluding carboxylic acids is 1. The number of nitrogens with zero attached hydrogens (tertiary/aromatic N) is 2. The van der Waals surface area contributed by atoms with E-state index in [-0.39, 0.29) is 0 Å². The molecule has 0 unspecified atom stereocenters. The van der Waals surface area contributed by atoms with Crippen molar-refractivity contribution in [3.8, 4) is 11.3 Å². The van der Waals surface area contributed by atoms with Crippen molar-refractivity contribution in [1.29, 1.82) is 0 Å². The largest absolute Gasteiger partial charge is 0.442 e. The first kappa shape index (κ1) is 13.8. The normalized spacial score (nSPS) is 11.4. The van der Waals surface area contributed by atoms with E-state index in [1.807, 2.05) is 45.0 Å². The Morgan fingerprint density at radius 2 is 1.84 bits per heavy atom. The summed E-state index contributed by atoms with van der Waals surface area (Å²) in [5, 5.41) is 4.03. The van der Waals surface area contributed by atoms with E-state index >= 15 is 0 Å². The quantitative estimate of drug-likeness (QED) is 0.794. The van der Waals surface area contributed by atoms with Crippen LogP contribution in [0.1, 0.15) is 20.8 Å². The zero-order valence-electron chi connectivity index (χ0n) is 11.1. The standard InChI is InChI=1S/C14H15BrN2O2/c1-14(2,3)19-13(18)17-12(8-9-16-17)10-4-6-11(15)7-5-10/h4-9H,1-3H3. The maximum Gasteiger partial charge on any atom is 0.435 e. The molecule has 0 aliphatic rings. The molecular formula is C14H15BrN2O2. The number of rotatable bonds is 1. The third kappa shape index (κ3) is 3.44. The molecule has 100 valence electrons. The number of carbonyl (C=O) groups is 1. The Morgan fingerprint density at radius 1 is 1.21 bits per heavy atom. The van der Waals surface area contributed by atoms with Crippen LogP contribution in [0.15, 0.2) is 41.0 Å². The van der Waals surface area contributed by atoms with Gasteiger partial charge in [0.2, 0.25) is 0 Å². The van der Waals surface area contributed by atoms with Crippen LogP contribution in [-0.2, 0) is 4.74 Å². The van der Waals surface area contributed by atoms with Gasteiger partial charge in [0, 0.05) is 10.0 Å². The number of ether oxygens (including phenoxy) is 1. The molecule has 5 heteroatoms. The molecule has 0 aliphatic heterocycles. The van der Waals surface area contributed by atoms with E-state index in [0.717, 1.165) is 10.0 Å². The molecular weight excluding hydrogens is 308 g/mol. The fourth-order valence-corrected chi connectivity index (χ4v) is 1.86. The van der Waals surface area contributed by atoms with Gasteiger partial charge in [0.25, 0.3) is 0 Å². The fraction of sp³-hybridized carbons (Fsp3) is 0.286. The van der Waals surface area contributed by atoms with E-state index < -0.39 is 11.7 Å². The lowest BCUT2D eigenvalue weighted by molar-refractivity contribution is 0.0518. The lowest BCUT2D eigenvalue weighted by Crippen LogP contribution is -2.28. The molecule has 0 N–H and O–H groups in total. The van der Waals surface area contributed by atoms with E-state index in [0.29, 0.717) is 5.69 Å². The summed E-state index contributed by atoms with van der Waals surface area (Å²) in [5.74, 6) is 0. The van der Waals surface area contributed by atoms with Gasteiger partial charge in [-0.15, -0.1) is 0 Å². The van der Waals surface area contributed by atoms with Crippen LogP contribution in [0, 0.1) is 0 Å². The summed E-state index contributed by atoms with van der Waals surface area (Å²) in [4.78, 5) is 12.1. The molecule has 1 aromatic carbocycles. The minimum absolute atomic E-state index is 0.476. The Labute approximate surface area is 120 Å². The number of hydrogen-bond acceptors (Lipinski definition) is 3. The predicted molar refractivity (Wildman–Crippen MR) is 77.0 cm³/mol. The van der Waals surface area contributed by atoms with Crippen LogP contribution in [0.25, 0.3) is 11.3 Å². The molecule has 1 aromatic heterocycles. The van der Waals surface area contributed by atoms with Crippen LogP contribution in [-0.4, -0.2) is 21.5 Å². The molecule has 0 saturated heterocycles. The van der Waals surface area contributed by atoms with Gasteiger partial charge in [-0.3, -0.25) is 0 Å². The van der Waals surface area contributed by atoms with Crippen molar-refractivity contribution in [3.05, 3.63) is 41.0 Å². The monoisotopic (exact) mass is 322 g/mol. The lowest BCUT2D eigenvalue weighted by atomic mass is 10.1. The van der Waals surface area contributed by atoms with E-state index in [2.05, 4.69) is 21.0 Å². The number of aromatic nitrogens is 2. The third-order valence-electron chi connectivity index (χ3n) is 2.35. The Bertz CT molecular complexity index is 582. The molecule has 0 saturated carbocycles. The Hall–Kier alpha value is -1.62. The van der Waals surface area contributed by atoms with Crippen LogP contribution in [0.4, 0.5) is 4.79 Å². The molecule has 0 aliphatic carbocycles. The van der Waals surface area contributed by atoms with Gasteiger partial charge in [-0.1, -0.05) is 28.1 Å². The highest BCUT2D eigenvalue weighted by Crippen LogP contribution is 2.22. The Morgan fingerprint density at radius 3 is 2.42 bits per heavy atom. The van der Waals surface area contributed by atoms with Gasteiger partial charge in [0.05, 0.1) is 11.9 Å². The van der Waals surface area contributed by atoms with Crippen molar-refractivity contribution in [2.24, 2.45) is 0 Å². The van der Waals surface area contributed by atoms with Crippen LogP contribution in [0.5, 0.6) is 0 Å². The summed E-state index contributed by atoms with van der Waals surface area (Å²) in [6, 6.07) is 9.46. The lowest BCUT2D eigenvalue weighted by Gasteiger charge is -2.19. The average molecular weight is 323 g/mol. The Balaban J connectivity index is 2.32. The average Bonchev–Trinajstić information content (AvgIpc) is 2.76. The number of halogens is 1. The minimum Gasteiger partial charge on any atom is -0.442 e. The van der Waals surface area contributed by atoms with Gasteiger partial charge >= 0.3 is 6.09 Å². The molecule has 2 aromatic rings. The first-order chi connectivity index (χ1) is 8.87. The first-order valence-corrected chi connectivity index (χ1v) is 6.69. The molecule has 19 heavy (non-hydrogen) atoms. The smallest absolute Gasteiger partial charge is 0.435 e. The molecule has 0 spiro atoms.